The molecule has 0 atom stereocenters. The summed E-state index contributed by atoms with van der Waals surface area (Å²) >= 11 is 0. The van der Waals surface area contributed by atoms with Gasteiger partial charge in [0.2, 0.25) is 0 Å². The van der Waals surface area contributed by atoms with E-state index >= 15 is 0 Å². The van der Waals surface area contributed by atoms with Gasteiger partial charge in [0, 0.05) is 6.07 Å². The van der Waals surface area contributed by atoms with Crippen molar-refractivity contribution in [1.29, 1.82) is 0 Å². The minimum atomic E-state index is 0.198. The molecular formula is C26H44O2. The van der Waals surface area contributed by atoms with Crippen molar-refractivity contribution in [2.24, 2.45) is 10.8 Å². The van der Waals surface area contributed by atoms with Crippen molar-refractivity contribution in [2.45, 2.75) is 118 Å². The van der Waals surface area contributed by atoms with Crippen molar-refractivity contribution in [3.8, 4) is 11.5 Å². The minimum Gasteiger partial charge on any atom is -0.508 e. The van der Waals surface area contributed by atoms with Crippen LogP contribution < -0.4 is 0 Å². The topological polar surface area (TPSA) is 40.5 Å². The van der Waals surface area contributed by atoms with Gasteiger partial charge in [0.15, 0.2) is 0 Å². The fourth-order valence-corrected chi connectivity index (χ4v) is 4.15. The first-order valence-corrected chi connectivity index (χ1v) is 11.8. The summed E-state index contributed by atoms with van der Waals surface area (Å²) in [6.07, 6.45) is 17.3. The first-order valence-electron chi connectivity index (χ1n) is 11.8. The molecule has 0 aliphatic heterocycles. The first-order chi connectivity index (χ1) is 13.2. The maximum absolute atomic E-state index is 10.4. The molecule has 1 fully saturated rings. The molecule has 1 aliphatic rings. The lowest BCUT2D eigenvalue weighted by atomic mass is 9.84. The predicted octanol–water partition coefficient (Wildman–Crippen LogP) is 7.93. The molecule has 0 saturated heterocycles. The van der Waals surface area contributed by atoms with E-state index in [-0.39, 0.29) is 11.5 Å². The van der Waals surface area contributed by atoms with Crippen LogP contribution in [0.2, 0.25) is 0 Å². The molecule has 1 saturated carbocycles. The van der Waals surface area contributed by atoms with Gasteiger partial charge in [0.05, 0.1) is 0 Å². The molecule has 28 heavy (non-hydrogen) atoms. The lowest BCUT2D eigenvalue weighted by Gasteiger charge is -2.22. The van der Waals surface area contributed by atoms with Crippen LogP contribution in [0.1, 0.15) is 116 Å². The molecule has 0 heterocycles. The van der Waals surface area contributed by atoms with E-state index < -0.39 is 0 Å². The molecule has 160 valence electrons. The highest BCUT2D eigenvalue weighted by Crippen LogP contribution is 2.49. The van der Waals surface area contributed by atoms with E-state index in [1.54, 1.807) is 0 Å². The zero-order valence-electron chi connectivity index (χ0n) is 18.9. The summed E-state index contributed by atoms with van der Waals surface area (Å²) in [5.74, 6) is 0.483. The van der Waals surface area contributed by atoms with Crippen LogP contribution in [0.4, 0.5) is 0 Å². The van der Waals surface area contributed by atoms with Crippen LogP contribution in [0.25, 0.3) is 0 Å². The summed E-state index contributed by atoms with van der Waals surface area (Å²) in [6, 6.07) is 3.39. The van der Waals surface area contributed by atoms with Gasteiger partial charge >= 0.3 is 0 Å². The summed E-state index contributed by atoms with van der Waals surface area (Å²) < 4.78 is 0. The van der Waals surface area contributed by atoms with Gasteiger partial charge in [0.25, 0.3) is 0 Å². The average molecular weight is 389 g/mol. The molecule has 2 heteroatoms. The fraction of sp³-hybridized carbons (Fsp3) is 0.769. The third-order valence-electron chi connectivity index (χ3n) is 7.12. The molecule has 2 N–H and O–H groups in total. The number of hydrogen-bond donors (Lipinski definition) is 2. The third-order valence-corrected chi connectivity index (χ3v) is 7.12. The Kier molecular flexibility index (Phi) is 8.71. The molecule has 0 unspecified atom stereocenters. The van der Waals surface area contributed by atoms with Crippen molar-refractivity contribution in [2.75, 3.05) is 0 Å². The van der Waals surface area contributed by atoms with Gasteiger partial charge in [-0.2, -0.15) is 0 Å². The van der Waals surface area contributed by atoms with Gasteiger partial charge in [-0.15, -0.1) is 0 Å². The number of phenolic OH excluding ortho intramolecular Hbond substituents is 2. The number of aryl methyl sites for hydroxylation is 1. The molecule has 0 spiro atoms. The highest BCUT2D eigenvalue weighted by atomic mass is 16.3. The van der Waals surface area contributed by atoms with Gasteiger partial charge in [-0.25, -0.2) is 0 Å². The molecule has 0 bridgehead atoms. The summed E-state index contributed by atoms with van der Waals surface area (Å²) in [7, 11) is 0. The smallest absolute Gasteiger partial charge is 0.122 e. The largest absolute Gasteiger partial charge is 0.508 e. The fourth-order valence-electron chi connectivity index (χ4n) is 4.15. The van der Waals surface area contributed by atoms with Crippen LogP contribution in [0, 0.1) is 10.8 Å². The van der Waals surface area contributed by atoms with Gasteiger partial charge < -0.3 is 10.2 Å². The van der Waals surface area contributed by atoms with Crippen LogP contribution in [0.15, 0.2) is 12.1 Å². The lowest BCUT2D eigenvalue weighted by Crippen LogP contribution is -2.08. The number of unbranched alkanes of at least 4 members (excludes halogenated alkanes) is 5. The highest BCUT2D eigenvalue weighted by molar-refractivity contribution is 5.45. The van der Waals surface area contributed by atoms with E-state index in [0.717, 1.165) is 36.8 Å². The number of benzene rings is 1. The van der Waals surface area contributed by atoms with Crippen LogP contribution in [-0.4, -0.2) is 10.2 Å². The van der Waals surface area contributed by atoms with Gasteiger partial charge in [-0.3, -0.25) is 0 Å². The first kappa shape index (κ1) is 23.1. The number of phenols is 2. The second-order valence-electron chi connectivity index (χ2n) is 10.4. The van der Waals surface area contributed by atoms with Crippen molar-refractivity contribution >= 4 is 0 Å². The van der Waals surface area contributed by atoms with E-state index in [4.69, 9.17) is 0 Å². The summed E-state index contributed by atoms with van der Waals surface area (Å²) in [4.78, 5) is 0. The standard InChI is InChI=1S/C26H44O2/c1-5-25(2,3)15-11-7-6-10-14-23-21(19-22(27)20-24(23)28)13-9-8-12-16-26(4)17-18-26/h19-20,27-28H,5-18H2,1-4H3. The zero-order chi connectivity index (χ0) is 20.6. The lowest BCUT2D eigenvalue weighted by molar-refractivity contribution is 0.307. The Hall–Kier alpha value is -1.18. The maximum atomic E-state index is 10.4. The van der Waals surface area contributed by atoms with Crippen molar-refractivity contribution < 1.29 is 10.2 Å². The molecule has 0 radical (unpaired) electrons. The Morgan fingerprint density at radius 1 is 0.893 bits per heavy atom. The average Bonchev–Trinajstić information content (AvgIpc) is 3.36. The van der Waals surface area contributed by atoms with Crippen LogP contribution in [0.5, 0.6) is 11.5 Å². The highest BCUT2D eigenvalue weighted by Gasteiger charge is 2.35. The number of aromatic hydroxyl groups is 2. The molecule has 0 aromatic heterocycles. The Labute approximate surface area is 173 Å². The van der Waals surface area contributed by atoms with E-state index in [1.807, 2.05) is 6.07 Å². The second kappa shape index (κ2) is 10.6. The predicted molar refractivity (Wildman–Crippen MR) is 120 cm³/mol. The normalized spacial score (nSPS) is 15.7. The number of rotatable bonds is 14. The second-order valence-corrected chi connectivity index (χ2v) is 10.4. The quantitative estimate of drug-likeness (QED) is 0.318. The van der Waals surface area contributed by atoms with E-state index in [2.05, 4.69) is 27.7 Å². The molecule has 1 aromatic carbocycles. The summed E-state index contributed by atoms with van der Waals surface area (Å²) in [6.45, 7) is 9.40. The summed E-state index contributed by atoms with van der Waals surface area (Å²) in [5.41, 5.74) is 3.35. The monoisotopic (exact) mass is 388 g/mol. The minimum absolute atomic E-state index is 0.198. The maximum Gasteiger partial charge on any atom is 0.122 e. The van der Waals surface area contributed by atoms with Crippen LogP contribution in [0.3, 0.4) is 0 Å². The SMILES string of the molecule is CCC(C)(C)CCCCCCc1c(O)cc(O)cc1CCCCCC1(C)CC1. The van der Waals surface area contributed by atoms with Crippen molar-refractivity contribution in [1.82, 2.24) is 0 Å². The van der Waals surface area contributed by atoms with E-state index in [0.29, 0.717) is 10.8 Å². The number of hydrogen-bond acceptors (Lipinski definition) is 2. The van der Waals surface area contributed by atoms with Gasteiger partial charge in [0.1, 0.15) is 11.5 Å². The molecule has 2 nitrogen and oxygen atoms in total. The van der Waals surface area contributed by atoms with Gasteiger partial charge in [-0.1, -0.05) is 66.2 Å². The van der Waals surface area contributed by atoms with Crippen molar-refractivity contribution in [3.63, 3.8) is 0 Å². The third kappa shape index (κ3) is 8.05. The molecule has 0 amide bonds. The molecule has 1 aliphatic carbocycles. The molecule has 1 aromatic rings. The van der Waals surface area contributed by atoms with E-state index in [1.165, 1.54) is 70.3 Å². The van der Waals surface area contributed by atoms with Crippen LogP contribution >= 0.6 is 0 Å². The molecular weight excluding hydrogens is 344 g/mol. The Morgan fingerprint density at radius 3 is 2.21 bits per heavy atom. The Bertz CT molecular complexity index is 599. The summed E-state index contributed by atoms with van der Waals surface area (Å²) in [5, 5.41) is 20.3. The zero-order valence-corrected chi connectivity index (χ0v) is 18.9. The molecule has 2 rings (SSSR count). The van der Waals surface area contributed by atoms with E-state index in [9.17, 15) is 10.2 Å². The van der Waals surface area contributed by atoms with Gasteiger partial charge in [-0.05, 0) is 79.4 Å². The Morgan fingerprint density at radius 2 is 1.54 bits per heavy atom. The van der Waals surface area contributed by atoms with Crippen molar-refractivity contribution in [3.05, 3.63) is 23.3 Å². The van der Waals surface area contributed by atoms with Crippen LogP contribution in [-0.2, 0) is 12.8 Å². The Balaban J connectivity index is 1.74.